The van der Waals surface area contributed by atoms with Crippen LogP contribution in [-0.2, 0) is 0 Å². The Morgan fingerprint density at radius 2 is 1.75 bits per heavy atom. The lowest BCUT2D eigenvalue weighted by Gasteiger charge is -2.20. The fourth-order valence-electron chi connectivity index (χ4n) is 2.99. The minimum Gasteiger partial charge on any atom is -0.339 e. The van der Waals surface area contributed by atoms with Crippen LogP contribution in [0.15, 0.2) is 54.6 Å². The average molecular weight is 318 g/mol. The molecule has 1 aromatic heterocycles. The number of para-hydroxylation sites is 1. The fraction of sp³-hybridized carbons (Fsp3) is 0.238. The Hall–Kier alpha value is -2.68. The summed E-state index contributed by atoms with van der Waals surface area (Å²) in [5.41, 5.74) is 4.63. The van der Waals surface area contributed by atoms with Gasteiger partial charge in [-0.1, -0.05) is 42.0 Å². The number of benzene rings is 2. The van der Waals surface area contributed by atoms with Crippen molar-refractivity contribution < 1.29 is 4.79 Å². The van der Waals surface area contributed by atoms with Gasteiger partial charge in [0.25, 0.3) is 5.91 Å². The second-order valence-corrected chi connectivity index (χ2v) is 5.92. The van der Waals surface area contributed by atoms with Crippen molar-refractivity contribution in [1.82, 2.24) is 9.88 Å². The number of pyridine rings is 1. The highest BCUT2D eigenvalue weighted by molar-refractivity contribution is 6.07. The molecule has 0 fully saturated rings. The molecule has 0 aliphatic heterocycles. The maximum absolute atomic E-state index is 13.0. The van der Waals surface area contributed by atoms with Crippen LogP contribution in [0.5, 0.6) is 0 Å². The molecule has 0 aliphatic carbocycles. The van der Waals surface area contributed by atoms with Gasteiger partial charge in [-0.15, -0.1) is 0 Å². The summed E-state index contributed by atoms with van der Waals surface area (Å²) in [7, 11) is 0. The monoisotopic (exact) mass is 318 g/mol. The van der Waals surface area contributed by atoms with Crippen molar-refractivity contribution in [1.29, 1.82) is 0 Å². The maximum atomic E-state index is 13.0. The van der Waals surface area contributed by atoms with Crippen molar-refractivity contribution in [3.8, 4) is 11.3 Å². The van der Waals surface area contributed by atoms with Crippen molar-refractivity contribution in [3.63, 3.8) is 0 Å². The van der Waals surface area contributed by atoms with Gasteiger partial charge in [-0.2, -0.15) is 0 Å². The summed E-state index contributed by atoms with van der Waals surface area (Å²) in [6.07, 6.45) is 0. The lowest BCUT2D eigenvalue weighted by atomic mass is 10.0. The van der Waals surface area contributed by atoms with Crippen LogP contribution >= 0.6 is 0 Å². The van der Waals surface area contributed by atoms with E-state index in [9.17, 15) is 4.79 Å². The number of aryl methyl sites for hydroxylation is 1. The minimum absolute atomic E-state index is 0.0625. The third kappa shape index (κ3) is 3.02. The molecule has 2 aromatic carbocycles. The molecule has 3 heteroatoms. The molecule has 0 aliphatic rings. The number of fused-ring (bicyclic) bond motifs is 1. The first-order valence-electron chi connectivity index (χ1n) is 8.40. The van der Waals surface area contributed by atoms with E-state index in [1.165, 1.54) is 5.56 Å². The summed E-state index contributed by atoms with van der Waals surface area (Å²) in [4.78, 5) is 19.6. The zero-order valence-corrected chi connectivity index (χ0v) is 14.4. The summed E-state index contributed by atoms with van der Waals surface area (Å²) >= 11 is 0. The van der Waals surface area contributed by atoms with Gasteiger partial charge in [0.05, 0.1) is 16.8 Å². The van der Waals surface area contributed by atoms with Gasteiger partial charge in [0.2, 0.25) is 0 Å². The summed E-state index contributed by atoms with van der Waals surface area (Å²) < 4.78 is 0. The van der Waals surface area contributed by atoms with Crippen LogP contribution in [0.25, 0.3) is 22.2 Å². The van der Waals surface area contributed by atoms with E-state index < -0.39 is 0 Å². The van der Waals surface area contributed by atoms with Gasteiger partial charge < -0.3 is 4.90 Å². The number of aromatic nitrogens is 1. The van der Waals surface area contributed by atoms with E-state index in [1.807, 2.05) is 61.2 Å². The zero-order valence-electron chi connectivity index (χ0n) is 14.4. The summed E-state index contributed by atoms with van der Waals surface area (Å²) in [5, 5.41) is 0.908. The largest absolute Gasteiger partial charge is 0.339 e. The topological polar surface area (TPSA) is 33.2 Å². The lowest BCUT2D eigenvalue weighted by Crippen LogP contribution is -2.30. The molecule has 3 aromatic rings. The van der Waals surface area contributed by atoms with E-state index in [-0.39, 0.29) is 5.91 Å². The number of nitrogens with zero attached hydrogens (tertiary/aromatic N) is 2. The normalized spacial score (nSPS) is 10.8. The fourth-order valence-corrected chi connectivity index (χ4v) is 2.99. The van der Waals surface area contributed by atoms with E-state index in [1.54, 1.807) is 0 Å². The van der Waals surface area contributed by atoms with Gasteiger partial charge in [0.15, 0.2) is 0 Å². The summed E-state index contributed by atoms with van der Waals surface area (Å²) in [6.45, 7) is 7.47. The lowest BCUT2D eigenvalue weighted by molar-refractivity contribution is 0.0775. The molecule has 0 radical (unpaired) electrons. The van der Waals surface area contributed by atoms with E-state index >= 15 is 0 Å². The molecule has 0 N–H and O–H groups in total. The first kappa shape index (κ1) is 16.2. The van der Waals surface area contributed by atoms with Crippen molar-refractivity contribution >= 4 is 16.8 Å². The molecule has 0 saturated carbocycles. The van der Waals surface area contributed by atoms with Crippen LogP contribution in [-0.4, -0.2) is 28.9 Å². The molecule has 1 amide bonds. The maximum Gasteiger partial charge on any atom is 0.254 e. The van der Waals surface area contributed by atoms with Gasteiger partial charge in [-0.3, -0.25) is 4.79 Å². The van der Waals surface area contributed by atoms with E-state index in [0.717, 1.165) is 27.7 Å². The van der Waals surface area contributed by atoms with Gasteiger partial charge in [-0.05, 0) is 39.0 Å². The highest BCUT2D eigenvalue weighted by Gasteiger charge is 2.17. The minimum atomic E-state index is 0.0625. The Morgan fingerprint density at radius 1 is 1.00 bits per heavy atom. The summed E-state index contributed by atoms with van der Waals surface area (Å²) in [6, 6.07) is 18.0. The predicted octanol–water partition coefficient (Wildman–Crippen LogP) is 4.69. The molecule has 0 atom stereocenters. The predicted molar refractivity (Wildman–Crippen MR) is 99.2 cm³/mol. The third-order valence-electron chi connectivity index (χ3n) is 4.31. The Kier molecular flexibility index (Phi) is 4.61. The van der Waals surface area contributed by atoms with Crippen LogP contribution in [0.2, 0.25) is 0 Å². The van der Waals surface area contributed by atoms with Crippen molar-refractivity contribution in [2.24, 2.45) is 0 Å². The first-order chi connectivity index (χ1) is 11.6. The highest BCUT2D eigenvalue weighted by Crippen LogP contribution is 2.26. The van der Waals surface area contributed by atoms with Crippen LogP contribution in [0.4, 0.5) is 0 Å². The molecule has 0 spiro atoms. The average Bonchev–Trinajstić information content (AvgIpc) is 2.61. The number of rotatable bonds is 4. The zero-order chi connectivity index (χ0) is 17.1. The second-order valence-electron chi connectivity index (χ2n) is 5.92. The Morgan fingerprint density at radius 3 is 2.46 bits per heavy atom. The Bertz CT molecular complexity index is 882. The number of amides is 1. The SMILES string of the molecule is CCN(CC)C(=O)c1cc(-c2cccc(C)c2)nc2ccccc12. The third-order valence-corrected chi connectivity index (χ3v) is 4.31. The highest BCUT2D eigenvalue weighted by atomic mass is 16.2. The molecule has 0 bridgehead atoms. The quantitative estimate of drug-likeness (QED) is 0.699. The van der Waals surface area contributed by atoms with Crippen LogP contribution in [0.3, 0.4) is 0 Å². The first-order valence-corrected chi connectivity index (χ1v) is 8.40. The van der Waals surface area contributed by atoms with Crippen LogP contribution < -0.4 is 0 Å². The van der Waals surface area contributed by atoms with E-state index in [0.29, 0.717) is 13.1 Å². The van der Waals surface area contributed by atoms with Crippen molar-refractivity contribution in [2.75, 3.05) is 13.1 Å². The summed E-state index contributed by atoms with van der Waals surface area (Å²) in [5.74, 6) is 0.0625. The molecule has 1 heterocycles. The number of hydrogen-bond donors (Lipinski definition) is 0. The Balaban J connectivity index is 2.22. The second kappa shape index (κ2) is 6.83. The molecule has 122 valence electrons. The number of carbonyl (C=O) groups excluding carboxylic acids is 1. The molecular formula is C21H22N2O. The molecular weight excluding hydrogens is 296 g/mol. The van der Waals surface area contributed by atoms with Crippen molar-refractivity contribution in [3.05, 3.63) is 65.7 Å². The van der Waals surface area contributed by atoms with E-state index in [4.69, 9.17) is 4.98 Å². The Labute approximate surface area is 143 Å². The van der Waals surface area contributed by atoms with Gasteiger partial charge in [-0.25, -0.2) is 4.98 Å². The van der Waals surface area contributed by atoms with Crippen LogP contribution in [0.1, 0.15) is 29.8 Å². The van der Waals surface area contributed by atoms with Gasteiger partial charge in [0, 0.05) is 24.0 Å². The molecule has 0 unspecified atom stereocenters. The molecule has 3 nitrogen and oxygen atoms in total. The van der Waals surface area contributed by atoms with Crippen LogP contribution in [0, 0.1) is 6.92 Å². The molecule has 0 saturated heterocycles. The number of hydrogen-bond acceptors (Lipinski definition) is 2. The van der Waals surface area contributed by atoms with Gasteiger partial charge >= 0.3 is 0 Å². The molecule has 3 rings (SSSR count). The smallest absolute Gasteiger partial charge is 0.254 e. The van der Waals surface area contributed by atoms with E-state index in [2.05, 4.69) is 19.1 Å². The molecule has 24 heavy (non-hydrogen) atoms. The van der Waals surface area contributed by atoms with Gasteiger partial charge in [0.1, 0.15) is 0 Å². The standard InChI is InChI=1S/C21H22N2O/c1-4-23(5-2)21(24)18-14-20(16-10-8-9-15(3)13-16)22-19-12-7-6-11-17(18)19/h6-14H,4-5H2,1-3H3. The van der Waals surface area contributed by atoms with Crippen molar-refractivity contribution in [2.45, 2.75) is 20.8 Å². The number of carbonyl (C=O) groups is 1.